The van der Waals surface area contributed by atoms with Gasteiger partial charge >= 0.3 is 0 Å². The van der Waals surface area contributed by atoms with E-state index in [0.717, 1.165) is 21.1 Å². The summed E-state index contributed by atoms with van der Waals surface area (Å²) in [5.74, 6) is 0.299. The van der Waals surface area contributed by atoms with Crippen LogP contribution in [0.1, 0.15) is 6.92 Å². The molecular weight excluding hydrogens is 458 g/mol. The standard InChI is InChI=1S/C20H25N3O7S2/c1-14(20(24)21-15-6-5-7-16(12-15)22(2)31(3,25)26)23(32(4,27)28)17-8-9-18-19(13-17)30-11-10-29-18/h5-9,12-14H,10-11H2,1-4H3,(H,21,24)/t14-/m0/s1. The number of hydrogen-bond acceptors (Lipinski definition) is 7. The number of benzene rings is 2. The first-order valence-corrected chi connectivity index (χ1v) is 13.3. The molecule has 0 aromatic heterocycles. The van der Waals surface area contributed by atoms with Crippen LogP contribution < -0.4 is 23.4 Å². The fourth-order valence-corrected chi connectivity index (χ4v) is 4.86. The van der Waals surface area contributed by atoms with E-state index in [2.05, 4.69) is 5.32 Å². The number of carbonyl (C=O) groups excluding carboxylic acids is 1. The van der Waals surface area contributed by atoms with Crippen molar-refractivity contribution in [2.45, 2.75) is 13.0 Å². The van der Waals surface area contributed by atoms with Gasteiger partial charge in [-0.25, -0.2) is 16.8 Å². The molecular formula is C20H25N3O7S2. The number of anilines is 3. The Balaban J connectivity index is 1.87. The summed E-state index contributed by atoms with van der Waals surface area (Å²) in [7, 11) is -5.92. The van der Waals surface area contributed by atoms with Crippen LogP contribution in [0.25, 0.3) is 0 Å². The lowest BCUT2D eigenvalue weighted by molar-refractivity contribution is -0.116. The second-order valence-electron chi connectivity index (χ2n) is 7.33. The van der Waals surface area contributed by atoms with E-state index < -0.39 is 32.0 Å². The van der Waals surface area contributed by atoms with Gasteiger partial charge in [-0.15, -0.1) is 0 Å². The van der Waals surface area contributed by atoms with Gasteiger partial charge in [0, 0.05) is 18.8 Å². The fraction of sp³-hybridized carbons (Fsp3) is 0.350. The van der Waals surface area contributed by atoms with E-state index >= 15 is 0 Å². The highest BCUT2D eigenvalue weighted by Crippen LogP contribution is 2.35. The maximum atomic E-state index is 12.9. The molecule has 0 fully saturated rings. The molecule has 2 aromatic carbocycles. The Morgan fingerprint density at radius 1 is 0.938 bits per heavy atom. The largest absolute Gasteiger partial charge is 0.486 e. The van der Waals surface area contributed by atoms with Crippen LogP contribution in [0.15, 0.2) is 42.5 Å². The van der Waals surface area contributed by atoms with Crippen LogP contribution in [-0.2, 0) is 24.8 Å². The van der Waals surface area contributed by atoms with Crippen LogP contribution >= 0.6 is 0 Å². The highest BCUT2D eigenvalue weighted by atomic mass is 32.2. The summed E-state index contributed by atoms with van der Waals surface area (Å²) in [5, 5.41) is 2.65. The molecule has 1 heterocycles. The second-order valence-corrected chi connectivity index (χ2v) is 11.2. The molecule has 1 atom stereocenters. The van der Waals surface area contributed by atoms with Crippen molar-refractivity contribution in [3.8, 4) is 11.5 Å². The molecule has 0 bridgehead atoms. The molecule has 12 heteroatoms. The molecule has 32 heavy (non-hydrogen) atoms. The van der Waals surface area contributed by atoms with Gasteiger partial charge in [0.05, 0.1) is 23.9 Å². The quantitative estimate of drug-likeness (QED) is 0.635. The van der Waals surface area contributed by atoms with Crippen LogP contribution in [-0.4, -0.2) is 61.6 Å². The monoisotopic (exact) mass is 483 g/mol. The third-order valence-corrected chi connectivity index (χ3v) is 7.29. The number of ether oxygens (including phenoxy) is 2. The first kappa shape index (κ1) is 23.7. The minimum atomic E-state index is -3.83. The van der Waals surface area contributed by atoms with Crippen LogP contribution in [0.5, 0.6) is 11.5 Å². The average molecular weight is 484 g/mol. The Labute approximate surface area is 187 Å². The molecule has 0 radical (unpaired) electrons. The molecule has 1 N–H and O–H groups in total. The van der Waals surface area contributed by atoms with Crippen molar-refractivity contribution < 1.29 is 31.1 Å². The van der Waals surface area contributed by atoms with Gasteiger partial charge in [0.1, 0.15) is 19.3 Å². The number of fused-ring (bicyclic) bond motifs is 1. The summed E-state index contributed by atoms with van der Waals surface area (Å²) < 4.78 is 61.7. The molecule has 0 spiro atoms. The Kier molecular flexibility index (Phi) is 6.56. The van der Waals surface area contributed by atoms with Gasteiger partial charge < -0.3 is 14.8 Å². The molecule has 3 rings (SSSR count). The summed E-state index contributed by atoms with van der Waals surface area (Å²) in [4.78, 5) is 12.9. The van der Waals surface area contributed by atoms with E-state index in [1.807, 2.05) is 0 Å². The Morgan fingerprint density at radius 2 is 1.59 bits per heavy atom. The number of amides is 1. The maximum absolute atomic E-state index is 12.9. The first-order valence-electron chi connectivity index (χ1n) is 9.62. The highest BCUT2D eigenvalue weighted by Gasteiger charge is 2.30. The van der Waals surface area contributed by atoms with Crippen LogP contribution in [0.2, 0.25) is 0 Å². The molecule has 1 aliphatic rings. The SMILES string of the molecule is C[C@@H](C(=O)Nc1cccc(N(C)S(C)(=O)=O)c1)N(c1ccc2c(c1)OCCO2)S(C)(=O)=O. The zero-order chi connectivity index (χ0) is 23.7. The molecule has 1 aliphatic heterocycles. The Morgan fingerprint density at radius 3 is 2.22 bits per heavy atom. The number of hydrogen-bond donors (Lipinski definition) is 1. The van der Waals surface area contributed by atoms with Crippen LogP contribution in [0.3, 0.4) is 0 Å². The summed E-state index contributed by atoms with van der Waals surface area (Å²) in [6.07, 6.45) is 2.08. The van der Waals surface area contributed by atoms with E-state index in [4.69, 9.17) is 9.47 Å². The van der Waals surface area contributed by atoms with Crippen molar-refractivity contribution in [2.75, 3.05) is 46.7 Å². The van der Waals surface area contributed by atoms with Gasteiger partial charge in [-0.05, 0) is 37.3 Å². The van der Waals surface area contributed by atoms with Gasteiger partial charge in [-0.2, -0.15) is 0 Å². The van der Waals surface area contributed by atoms with E-state index in [-0.39, 0.29) is 5.69 Å². The van der Waals surface area contributed by atoms with E-state index in [0.29, 0.717) is 36.1 Å². The average Bonchev–Trinajstić information content (AvgIpc) is 2.71. The van der Waals surface area contributed by atoms with Crippen LogP contribution in [0.4, 0.5) is 17.1 Å². The summed E-state index contributed by atoms with van der Waals surface area (Å²) in [5.41, 5.74) is 0.931. The van der Waals surface area contributed by atoms with Crippen molar-refractivity contribution in [1.29, 1.82) is 0 Å². The molecule has 2 aromatic rings. The number of rotatable bonds is 7. The lowest BCUT2D eigenvalue weighted by atomic mass is 10.2. The number of sulfonamides is 2. The van der Waals surface area contributed by atoms with Crippen molar-refractivity contribution in [1.82, 2.24) is 0 Å². The van der Waals surface area contributed by atoms with Gasteiger partial charge in [0.15, 0.2) is 11.5 Å². The third-order valence-electron chi connectivity index (χ3n) is 4.84. The third kappa shape index (κ3) is 5.25. The Bertz CT molecular complexity index is 1230. The first-order chi connectivity index (χ1) is 14.9. The van der Waals surface area contributed by atoms with Gasteiger partial charge in [0.2, 0.25) is 26.0 Å². The number of nitrogens with zero attached hydrogens (tertiary/aromatic N) is 2. The molecule has 174 valence electrons. The van der Waals surface area contributed by atoms with E-state index in [1.165, 1.54) is 26.1 Å². The summed E-state index contributed by atoms with van der Waals surface area (Å²) in [6, 6.07) is 9.78. The minimum Gasteiger partial charge on any atom is -0.486 e. The zero-order valence-electron chi connectivity index (χ0n) is 18.1. The normalized spacial score (nSPS) is 14.4. The van der Waals surface area contributed by atoms with Gasteiger partial charge in [-0.3, -0.25) is 13.4 Å². The molecule has 10 nitrogen and oxygen atoms in total. The minimum absolute atomic E-state index is 0.255. The smallest absolute Gasteiger partial charge is 0.247 e. The van der Waals surface area contributed by atoms with Crippen molar-refractivity contribution in [3.05, 3.63) is 42.5 Å². The summed E-state index contributed by atoms with van der Waals surface area (Å²) >= 11 is 0. The highest BCUT2D eigenvalue weighted by molar-refractivity contribution is 7.92. The van der Waals surface area contributed by atoms with Crippen LogP contribution in [0, 0.1) is 0 Å². The molecule has 0 saturated carbocycles. The lowest BCUT2D eigenvalue weighted by Crippen LogP contribution is -2.45. The fourth-order valence-electron chi connectivity index (χ4n) is 3.20. The molecule has 0 unspecified atom stereocenters. The van der Waals surface area contributed by atoms with Crippen molar-refractivity contribution in [2.24, 2.45) is 0 Å². The zero-order valence-corrected chi connectivity index (χ0v) is 19.7. The van der Waals surface area contributed by atoms with E-state index in [9.17, 15) is 21.6 Å². The van der Waals surface area contributed by atoms with Gasteiger partial charge in [-0.1, -0.05) is 6.07 Å². The second kappa shape index (κ2) is 8.87. The van der Waals surface area contributed by atoms with E-state index in [1.54, 1.807) is 30.3 Å². The number of nitrogens with one attached hydrogen (secondary N) is 1. The Hall–Kier alpha value is -2.99. The van der Waals surface area contributed by atoms with Gasteiger partial charge in [0.25, 0.3) is 0 Å². The predicted molar refractivity (Wildman–Crippen MR) is 123 cm³/mol. The molecule has 1 amide bonds. The van der Waals surface area contributed by atoms with Crippen molar-refractivity contribution in [3.63, 3.8) is 0 Å². The number of carbonyl (C=O) groups is 1. The predicted octanol–water partition coefficient (Wildman–Crippen LogP) is 1.65. The lowest BCUT2D eigenvalue weighted by Gasteiger charge is -2.29. The molecule has 0 aliphatic carbocycles. The maximum Gasteiger partial charge on any atom is 0.247 e. The van der Waals surface area contributed by atoms with Crippen molar-refractivity contribution >= 4 is 43.0 Å². The molecule has 0 saturated heterocycles. The topological polar surface area (TPSA) is 122 Å². The summed E-state index contributed by atoms with van der Waals surface area (Å²) in [6.45, 7) is 2.19.